The summed E-state index contributed by atoms with van der Waals surface area (Å²) >= 11 is 3.05. The van der Waals surface area contributed by atoms with Crippen LogP contribution in [0.25, 0.3) is 0 Å². The summed E-state index contributed by atoms with van der Waals surface area (Å²) in [4.78, 5) is 31.8. The Morgan fingerprint density at radius 2 is 1.59 bits per heavy atom. The van der Waals surface area contributed by atoms with Crippen LogP contribution < -0.4 is 5.32 Å². The number of nitrogens with zero attached hydrogens (tertiary/aromatic N) is 2. The minimum absolute atomic E-state index is 0.00715. The molecule has 2 aromatic rings. The molecule has 0 radical (unpaired) electrons. The molecule has 172 valence electrons. The minimum atomic E-state index is -0.830. The fourth-order valence-corrected chi connectivity index (χ4v) is 6.68. The largest absolute Gasteiger partial charge is 0.481 e. The van der Waals surface area contributed by atoms with E-state index in [1.165, 1.54) is 49.9 Å². The van der Waals surface area contributed by atoms with Crippen LogP contribution in [0, 0.1) is 0 Å². The molecule has 0 atom stereocenters. The number of benzene rings is 1. The van der Waals surface area contributed by atoms with Crippen LogP contribution in [-0.4, -0.2) is 39.1 Å². The Morgan fingerprint density at radius 1 is 1.00 bits per heavy atom. The van der Waals surface area contributed by atoms with Crippen molar-refractivity contribution in [1.29, 1.82) is 0 Å². The number of hydrogen-bond acceptors (Lipinski definition) is 5. The number of aliphatic carboxylic acids is 1. The third-order valence-corrected chi connectivity index (χ3v) is 8.39. The summed E-state index contributed by atoms with van der Waals surface area (Å²) in [6.07, 6.45) is 13.7. The van der Waals surface area contributed by atoms with Gasteiger partial charge in [0.25, 0.3) is 0 Å². The standard InChI is InChI=1S/C24H31N3O3S2/c28-21(29)15-17-11-13-20(14-12-17)31-22-16-25-23(32-22)26-24(30)27(18-7-3-1-4-8-18)19-9-5-2-6-10-19/h11-14,16,18-19H,1-10,15H2,(H,28,29)(H,25,26,30). The molecule has 2 amide bonds. The van der Waals surface area contributed by atoms with E-state index in [1.54, 1.807) is 18.0 Å². The molecule has 0 saturated heterocycles. The molecule has 8 heteroatoms. The number of anilines is 1. The molecule has 1 aromatic carbocycles. The molecule has 0 aliphatic heterocycles. The molecule has 0 bridgehead atoms. The summed E-state index contributed by atoms with van der Waals surface area (Å²) in [5, 5.41) is 12.6. The predicted octanol–water partition coefficient (Wildman–Crippen LogP) is 6.42. The van der Waals surface area contributed by atoms with E-state index in [9.17, 15) is 9.59 Å². The van der Waals surface area contributed by atoms with Crippen molar-refractivity contribution in [3.8, 4) is 0 Å². The average molecular weight is 474 g/mol. The Balaban J connectivity index is 1.39. The fraction of sp³-hybridized carbons (Fsp3) is 0.542. The van der Waals surface area contributed by atoms with Gasteiger partial charge in [-0.05, 0) is 43.4 Å². The number of rotatable bonds is 7. The number of carbonyl (C=O) groups is 2. The van der Waals surface area contributed by atoms with Crippen LogP contribution in [-0.2, 0) is 11.2 Å². The molecular weight excluding hydrogens is 442 g/mol. The number of hydrogen-bond donors (Lipinski definition) is 2. The summed E-state index contributed by atoms with van der Waals surface area (Å²) in [6.45, 7) is 0. The van der Waals surface area contributed by atoms with Crippen LogP contribution in [0.5, 0.6) is 0 Å². The number of carboxylic acids is 1. The summed E-state index contributed by atoms with van der Waals surface area (Å²) in [5.41, 5.74) is 0.782. The highest BCUT2D eigenvalue weighted by Crippen LogP contribution is 2.35. The molecule has 2 fully saturated rings. The smallest absolute Gasteiger partial charge is 0.324 e. The fourth-order valence-electron chi connectivity index (χ4n) is 4.83. The maximum atomic E-state index is 13.3. The molecule has 32 heavy (non-hydrogen) atoms. The van der Waals surface area contributed by atoms with Gasteiger partial charge in [-0.15, -0.1) is 0 Å². The van der Waals surface area contributed by atoms with Crippen molar-refractivity contribution in [3.05, 3.63) is 36.0 Å². The van der Waals surface area contributed by atoms with Gasteiger partial charge in [-0.2, -0.15) is 0 Å². The number of carbonyl (C=O) groups excluding carboxylic acids is 1. The quantitative estimate of drug-likeness (QED) is 0.485. The van der Waals surface area contributed by atoms with Crippen molar-refractivity contribution in [2.75, 3.05) is 5.32 Å². The molecule has 0 unspecified atom stereocenters. The van der Waals surface area contributed by atoms with Crippen LogP contribution >= 0.6 is 23.1 Å². The first kappa shape index (κ1) is 23.1. The highest BCUT2D eigenvalue weighted by molar-refractivity contribution is 8.01. The molecule has 2 saturated carbocycles. The number of amides is 2. The molecule has 2 aliphatic carbocycles. The van der Waals surface area contributed by atoms with Gasteiger partial charge in [0.05, 0.1) is 16.8 Å². The van der Waals surface area contributed by atoms with Crippen molar-refractivity contribution in [3.63, 3.8) is 0 Å². The number of nitrogens with one attached hydrogen (secondary N) is 1. The third kappa shape index (κ3) is 6.25. The lowest BCUT2D eigenvalue weighted by Crippen LogP contribution is -2.50. The molecular formula is C24H31N3O3S2. The van der Waals surface area contributed by atoms with Crippen molar-refractivity contribution < 1.29 is 14.7 Å². The van der Waals surface area contributed by atoms with Crippen LogP contribution in [0.3, 0.4) is 0 Å². The van der Waals surface area contributed by atoms with Gasteiger partial charge in [0, 0.05) is 17.0 Å². The monoisotopic (exact) mass is 473 g/mol. The van der Waals surface area contributed by atoms with E-state index in [0.717, 1.165) is 40.4 Å². The Kier molecular flexibility index (Phi) is 8.08. The lowest BCUT2D eigenvalue weighted by molar-refractivity contribution is -0.136. The van der Waals surface area contributed by atoms with E-state index in [0.29, 0.717) is 17.2 Å². The average Bonchev–Trinajstić information content (AvgIpc) is 3.23. The normalized spacial score (nSPS) is 17.8. The number of urea groups is 1. The molecule has 4 rings (SSSR count). The van der Waals surface area contributed by atoms with Crippen molar-refractivity contribution >= 4 is 40.2 Å². The Labute approximate surface area is 197 Å². The molecule has 2 N–H and O–H groups in total. The van der Waals surface area contributed by atoms with E-state index < -0.39 is 5.97 Å². The van der Waals surface area contributed by atoms with Crippen LogP contribution in [0.4, 0.5) is 9.93 Å². The molecule has 2 aliphatic rings. The first-order valence-corrected chi connectivity index (χ1v) is 13.3. The number of carboxylic acid groups (broad SMARTS) is 1. The van der Waals surface area contributed by atoms with Gasteiger partial charge < -0.3 is 10.0 Å². The Morgan fingerprint density at radius 3 is 2.16 bits per heavy atom. The second-order valence-corrected chi connectivity index (χ2v) is 11.1. The van der Waals surface area contributed by atoms with Crippen molar-refractivity contribution in [1.82, 2.24) is 9.88 Å². The first-order chi connectivity index (χ1) is 15.6. The summed E-state index contributed by atoms with van der Waals surface area (Å²) in [5.74, 6) is -0.830. The second kappa shape index (κ2) is 11.2. The van der Waals surface area contributed by atoms with Gasteiger partial charge in [-0.1, -0.05) is 73.8 Å². The summed E-state index contributed by atoms with van der Waals surface area (Å²) in [7, 11) is 0. The van der Waals surface area contributed by atoms with Crippen molar-refractivity contribution in [2.45, 2.75) is 91.8 Å². The van der Waals surface area contributed by atoms with Gasteiger partial charge in [-0.25, -0.2) is 9.78 Å². The Hall–Kier alpha value is -2.06. The zero-order chi connectivity index (χ0) is 22.3. The van der Waals surface area contributed by atoms with E-state index >= 15 is 0 Å². The lowest BCUT2D eigenvalue weighted by atomic mass is 9.89. The highest BCUT2D eigenvalue weighted by Gasteiger charge is 2.32. The minimum Gasteiger partial charge on any atom is -0.481 e. The van der Waals surface area contributed by atoms with Gasteiger partial charge in [0.15, 0.2) is 5.13 Å². The maximum Gasteiger partial charge on any atom is 0.324 e. The van der Waals surface area contributed by atoms with Crippen LogP contribution in [0.2, 0.25) is 0 Å². The number of thiazole rings is 1. The molecule has 6 nitrogen and oxygen atoms in total. The second-order valence-electron chi connectivity index (χ2n) is 8.72. The third-order valence-electron chi connectivity index (χ3n) is 6.37. The van der Waals surface area contributed by atoms with Crippen molar-refractivity contribution in [2.24, 2.45) is 0 Å². The Bertz CT molecular complexity index is 885. The van der Waals surface area contributed by atoms with E-state index in [-0.39, 0.29) is 12.5 Å². The summed E-state index contributed by atoms with van der Waals surface area (Å²) in [6, 6.07) is 8.24. The lowest BCUT2D eigenvalue weighted by Gasteiger charge is -2.41. The molecule has 1 heterocycles. The van der Waals surface area contributed by atoms with Gasteiger partial charge in [0.1, 0.15) is 0 Å². The zero-order valence-electron chi connectivity index (χ0n) is 18.3. The van der Waals surface area contributed by atoms with E-state index in [1.807, 2.05) is 24.3 Å². The van der Waals surface area contributed by atoms with Gasteiger partial charge in [0.2, 0.25) is 0 Å². The first-order valence-electron chi connectivity index (χ1n) is 11.6. The van der Waals surface area contributed by atoms with Gasteiger partial charge in [-0.3, -0.25) is 10.1 Å². The molecule has 0 spiro atoms. The van der Waals surface area contributed by atoms with E-state index in [4.69, 9.17) is 5.11 Å². The number of aromatic nitrogens is 1. The van der Waals surface area contributed by atoms with Crippen LogP contribution in [0.15, 0.2) is 39.6 Å². The highest BCUT2D eigenvalue weighted by atomic mass is 32.2. The predicted molar refractivity (Wildman–Crippen MR) is 129 cm³/mol. The SMILES string of the molecule is O=C(O)Cc1ccc(Sc2cnc(NC(=O)N(C3CCCCC3)C3CCCCC3)s2)cc1. The van der Waals surface area contributed by atoms with E-state index in [2.05, 4.69) is 15.2 Å². The topological polar surface area (TPSA) is 82.5 Å². The molecule has 1 aromatic heterocycles. The summed E-state index contributed by atoms with van der Waals surface area (Å²) < 4.78 is 0.994. The zero-order valence-corrected chi connectivity index (χ0v) is 19.9. The van der Waals surface area contributed by atoms with Crippen LogP contribution in [0.1, 0.15) is 69.8 Å². The maximum absolute atomic E-state index is 13.3. The van der Waals surface area contributed by atoms with Gasteiger partial charge >= 0.3 is 12.0 Å².